The quantitative estimate of drug-likeness (QED) is 0.569. The van der Waals surface area contributed by atoms with E-state index < -0.39 is 0 Å². The van der Waals surface area contributed by atoms with Gasteiger partial charge < -0.3 is 19.2 Å². The van der Waals surface area contributed by atoms with Crippen LogP contribution in [0.25, 0.3) is 6.08 Å². The third kappa shape index (κ3) is 4.22. The van der Waals surface area contributed by atoms with E-state index in [2.05, 4.69) is 5.32 Å². The van der Waals surface area contributed by atoms with Crippen LogP contribution in [0.4, 0.5) is 0 Å². The summed E-state index contributed by atoms with van der Waals surface area (Å²) in [5.41, 5.74) is 0.385. The summed E-state index contributed by atoms with van der Waals surface area (Å²) in [5.74, 6) is 1.57. The highest BCUT2D eigenvalue weighted by atomic mass is 35.5. The normalized spacial score (nSPS) is 20.8. The van der Waals surface area contributed by atoms with Crippen molar-refractivity contribution in [1.29, 1.82) is 0 Å². The van der Waals surface area contributed by atoms with Crippen LogP contribution in [0.3, 0.4) is 0 Å². The van der Waals surface area contributed by atoms with E-state index in [1.165, 1.54) is 0 Å². The predicted octanol–water partition coefficient (Wildman–Crippen LogP) is 3.75. The van der Waals surface area contributed by atoms with Gasteiger partial charge in [-0.05, 0) is 49.3 Å². The molecule has 3 heterocycles. The molecular formula is C20H19ClN2O4S. The van der Waals surface area contributed by atoms with Gasteiger partial charge in [0.05, 0.1) is 17.7 Å². The molecule has 2 aromatic rings. The molecule has 146 valence electrons. The summed E-state index contributed by atoms with van der Waals surface area (Å²) in [6.45, 7) is 1.44. The number of rotatable bonds is 6. The van der Waals surface area contributed by atoms with E-state index in [0.29, 0.717) is 39.6 Å². The fourth-order valence-electron chi connectivity index (χ4n) is 3.13. The summed E-state index contributed by atoms with van der Waals surface area (Å²) in [6, 6.07) is 10.8. The summed E-state index contributed by atoms with van der Waals surface area (Å²) < 4.78 is 17.0. The molecule has 2 aliphatic rings. The number of furan rings is 1. The Bertz CT molecular complexity index is 920. The van der Waals surface area contributed by atoms with Crippen LogP contribution in [0.1, 0.15) is 24.4 Å². The molecule has 0 aliphatic carbocycles. The average Bonchev–Trinajstić information content (AvgIpc) is 3.41. The van der Waals surface area contributed by atoms with Gasteiger partial charge in [-0.25, -0.2) is 0 Å². The zero-order chi connectivity index (χ0) is 19.5. The summed E-state index contributed by atoms with van der Waals surface area (Å²) in [7, 11) is 0. The van der Waals surface area contributed by atoms with Crippen molar-refractivity contribution in [2.75, 3.05) is 13.2 Å². The van der Waals surface area contributed by atoms with Gasteiger partial charge in [-0.3, -0.25) is 9.69 Å². The number of nitrogens with zero attached hydrogens (tertiary/aromatic N) is 1. The first-order chi connectivity index (χ1) is 13.6. The molecule has 1 amide bonds. The summed E-state index contributed by atoms with van der Waals surface area (Å²) in [4.78, 5) is 14.2. The number of halogens is 1. The third-order valence-corrected chi connectivity index (χ3v) is 5.18. The molecular weight excluding hydrogens is 400 g/mol. The second kappa shape index (κ2) is 8.34. The number of ether oxygens (including phenoxy) is 2. The summed E-state index contributed by atoms with van der Waals surface area (Å²) in [6.07, 6.45) is 3.64. The molecule has 1 atom stereocenters. The predicted molar refractivity (Wildman–Crippen MR) is 109 cm³/mol. The Hall–Kier alpha value is -2.35. The number of para-hydroxylation sites is 1. The van der Waals surface area contributed by atoms with Crippen LogP contribution in [0, 0.1) is 0 Å². The van der Waals surface area contributed by atoms with Crippen molar-refractivity contribution >= 4 is 40.9 Å². The molecule has 1 N–H and O–H groups in total. The lowest BCUT2D eigenvalue weighted by atomic mass is 10.2. The molecule has 1 aromatic heterocycles. The van der Waals surface area contributed by atoms with E-state index in [1.54, 1.807) is 35.2 Å². The summed E-state index contributed by atoms with van der Waals surface area (Å²) >= 11 is 11.4. The van der Waals surface area contributed by atoms with E-state index in [9.17, 15) is 4.79 Å². The first kappa shape index (κ1) is 19.0. The topological polar surface area (TPSA) is 63.9 Å². The van der Waals surface area contributed by atoms with Gasteiger partial charge in [0, 0.05) is 12.7 Å². The maximum atomic E-state index is 12.6. The van der Waals surface area contributed by atoms with Crippen LogP contribution >= 0.6 is 23.8 Å². The van der Waals surface area contributed by atoms with Crippen LogP contribution in [-0.4, -0.2) is 35.2 Å². The molecule has 0 radical (unpaired) electrons. The van der Waals surface area contributed by atoms with Crippen molar-refractivity contribution in [3.8, 4) is 5.75 Å². The highest BCUT2D eigenvalue weighted by Gasteiger charge is 2.33. The first-order valence-electron chi connectivity index (χ1n) is 9.02. The Labute approximate surface area is 173 Å². The lowest BCUT2D eigenvalue weighted by Crippen LogP contribution is -2.37. The molecule has 2 aliphatic heterocycles. The van der Waals surface area contributed by atoms with Crippen molar-refractivity contribution in [2.24, 2.45) is 0 Å². The lowest BCUT2D eigenvalue weighted by molar-refractivity contribution is -0.123. The van der Waals surface area contributed by atoms with Gasteiger partial charge >= 0.3 is 0 Å². The lowest BCUT2D eigenvalue weighted by Gasteiger charge is -2.18. The van der Waals surface area contributed by atoms with Crippen molar-refractivity contribution in [1.82, 2.24) is 10.2 Å². The maximum Gasteiger partial charge on any atom is 0.276 e. The number of nitrogens with one attached hydrogen (secondary N) is 1. The smallest absolute Gasteiger partial charge is 0.276 e. The Morgan fingerprint density at radius 2 is 2.18 bits per heavy atom. The Morgan fingerprint density at radius 1 is 1.32 bits per heavy atom. The number of hydrogen-bond acceptors (Lipinski definition) is 5. The minimum absolute atomic E-state index is 0.0419. The van der Waals surface area contributed by atoms with Crippen LogP contribution < -0.4 is 10.1 Å². The van der Waals surface area contributed by atoms with Crippen LogP contribution in [-0.2, 0) is 16.1 Å². The summed E-state index contributed by atoms with van der Waals surface area (Å²) in [5, 5.41) is 3.88. The van der Waals surface area contributed by atoms with Gasteiger partial charge in [0.25, 0.3) is 5.91 Å². The number of amides is 1. The first-order valence-corrected chi connectivity index (χ1v) is 9.81. The molecule has 1 unspecified atom stereocenters. The van der Waals surface area contributed by atoms with Gasteiger partial charge in [-0.2, -0.15) is 0 Å². The monoisotopic (exact) mass is 418 g/mol. The van der Waals surface area contributed by atoms with E-state index in [0.717, 1.165) is 19.4 Å². The van der Waals surface area contributed by atoms with E-state index in [4.69, 9.17) is 37.7 Å². The van der Waals surface area contributed by atoms with Gasteiger partial charge in [0.2, 0.25) is 0 Å². The van der Waals surface area contributed by atoms with Crippen molar-refractivity contribution < 1.29 is 18.7 Å². The Balaban J connectivity index is 1.39. The minimum atomic E-state index is -0.175. The standard InChI is InChI=1S/C20H19ClN2O4S/c21-16-5-1-2-6-18(16)26-12-15-8-7-13(27-15)10-17-19(24)23(20(28)22-17)11-14-4-3-9-25-14/h1-2,5-8,10,14H,3-4,9,11-12H2,(H,22,28)/b17-10+. The van der Waals surface area contributed by atoms with E-state index in [-0.39, 0.29) is 18.6 Å². The van der Waals surface area contributed by atoms with Gasteiger partial charge in [-0.15, -0.1) is 0 Å². The third-order valence-electron chi connectivity index (χ3n) is 4.55. The zero-order valence-electron chi connectivity index (χ0n) is 15.0. The largest absolute Gasteiger partial charge is 0.484 e. The van der Waals surface area contributed by atoms with Crippen molar-refractivity contribution in [2.45, 2.75) is 25.6 Å². The molecule has 28 heavy (non-hydrogen) atoms. The molecule has 1 aromatic carbocycles. The average molecular weight is 419 g/mol. The number of thiocarbonyl (C=S) groups is 1. The SMILES string of the molecule is O=C1/C(=C\c2ccc(COc3ccccc3Cl)o2)NC(=S)N1CC1CCCO1. The van der Waals surface area contributed by atoms with Crippen LogP contribution in [0.2, 0.25) is 5.02 Å². The van der Waals surface area contributed by atoms with Gasteiger partial charge in [-0.1, -0.05) is 23.7 Å². The molecule has 6 nitrogen and oxygen atoms in total. The minimum Gasteiger partial charge on any atom is -0.484 e. The Kier molecular flexibility index (Phi) is 5.66. The number of hydrogen-bond donors (Lipinski definition) is 1. The van der Waals surface area contributed by atoms with Gasteiger partial charge in [0.1, 0.15) is 29.6 Å². The molecule has 2 fully saturated rings. The van der Waals surface area contributed by atoms with Gasteiger partial charge in [0.15, 0.2) is 5.11 Å². The zero-order valence-corrected chi connectivity index (χ0v) is 16.6. The number of carbonyl (C=O) groups is 1. The highest BCUT2D eigenvalue weighted by Crippen LogP contribution is 2.25. The Morgan fingerprint density at radius 3 is 2.96 bits per heavy atom. The molecule has 0 bridgehead atoms. The fourth-order valence-corrected chi connectivity index (χ4v) is 3.59. The molecule has 2 saturated heterocycles. The molecule has 0 spiro atoms. The van der Waals surface area contributed by atoms with Crippen LogP contribution in [0.15, 0.2) is 46.5 Å². The highest BCUT2D eigenvalue weighted by molar-refractivity contribution is 7.80. The maximum absolute atomic E-state index is 12.6. The van der Waals surface area contributed by atoms with E-state index >= 15 is 0 Å². The molecule has 8 heteroatoms. The fraction of sp³-hybridized carbons (Fsp3) is 0.300. The second-order valence-electron chi connectivity index (χ2n) is 6.56. The van der Waals surface area contributed by atoms with Crippen LogP contribution in [0.5, 0.6) is 5.75 Å². The second-order valence-corrected chi connectivity index (χ2v) is 7.36. The van der Waals surface area contributed by atoms with E-state index in [1.807, 2.05) is 12.1 Å². The van der Waals surface area contributed by atoms with Crippen molar-refractivity contribution in [3.63, 3.8) is 0 Å². The molecule has 4 rings (SSSR count). The number of benzene rings is 1. The van der Waals surface area contributed by atoms with Crippen molar-refractivity contribution in [3.05, 3.63) is 58.6 Å². The molecule has 0 saturated carbocycles. The number of carbonyl (C=O) groups excluding carboxylic acids is 1.